The van der Waals surface area contributed by atoms with Crippen molar-refractivity contribution in [3.8, 4) is 22.5 Å². The number of benzene rings is 1. The molecule has 0 aliphatic heterocycles. The summed E-state index contributed by atoms with van der Waals surface area (Å²) in [6.45, 7) is 6.56. The number of nitrogens with one attached hydrogen (secondary N) is 1. The maximum absolute atomic E-state index is 5.04. The van der Waals surface area contributed by atoms with Gasteiger partial charge in [0.05, 0.1) is 11.4 Å². The van der Waals surface area contributed by atoms with E-state index in [2.05, 4.69) is 70.1 Å². The Morgan fingerprint density at radius 3 is 2.33 bits per heavy atom. The fraction of sp³-hybridized carbons (Fsp3) is 0.320. The molecule has 0 atom stereocenters. The highest BCUT2D eigenvalue weighted by atomic mass is 15.2. The second-order valence-electron chi connectivity index (χ2n) is 7.60. The normalized spacial score (nSPS) is 11.1. The van der Waals surface area contributed by atoms with Gasteiger partial charge < -0.3 is 9.88 Å². The Morgan fingerprint density at radius 2 is 1.67 bits per heavy atom. The number of rotatable bonds is 9. The predicted molar refractivity (Wildman–Crippen MR) is 125 cm³/mol. The van der Waals surface area contributed by atoms with Crippen LogP contribution in [0.5, 0.6) is 0 Å². The number of fused-ring (bicyclic) bond motifs is 1. The van der Waals surface area contributed by atoms with Gasteiger partial charge in [0.2, 0.25) is 0 Å². The topological polar surface area (TPSA) is 57.7 Å². The molecule has 0 saturated carbocycles. The lowest BCUT2D eigenvalue weighted by Gasteiger charge is -2.23. The Morgan fingerprint density at radius 1 is 0.900 bits per heavy atom. The second kappa shape index (κ2) is 9.53. The minimum absolute atomic E-state index is 0.901. The maximum Gasteiger partial charge on any atom is 0.140 e. The Bertz CT molecular complexity index is 1060. The van der Waals surface area contributed by atoms with E-state index in [1.165, 1.54) is 25.7 Å². The molecule has 0 amide bonds. The highest BCUT2D eigenvalue weighted by molar-refractivity contribution is 6.01. The van der Waals surface area contributed by atoms with Gasteiger partial charge >= 0.3 is 0 Å². The smallest absolute Gasteiger partial charge is 0.140 e. The summed E-state index contributed by atoms with van der Waals surface area (Å²) >= 11 is 0. The van der Waals surface area contributed by atoms with Crippen LogP contribution < -0.4 is 4.90 Å². The maximum atomic E-state index is 5.04. The number of anilines is 1. The van der Waals surface area contributed by atoms with E-state index in [0.29, 0.717) is 0 Å². The van der Waals surface area contributed by atoms with E-state index in [1.807, 2.05) is 12.1 Å². The van der Waals surface area contributed by atoms with Crippen LogP contribution in [0.25, 0.3) is 33.5 Å². The monoisotopic (exact) mass is 399 g/mol. The highest BCUT2D eigenvalue weighted by Crippen LogP contribution is 2.37. The number of H-pyrrole nitrogens is 1. The highest BCUT2D eigenvalue weighted by Gasteiger charge is 2.18. The van der Waals surface area contributed by atoms with Gasteiger partial charge in [0.25, 0.3) is 0 Å². The first-order chi connectivity index (χ1) is 14.8. The zero-order chi connectivity index (χ0) is 20.8. The molecule has 5 nitrogen and oxygen atoms in total. The molecular weight excluding hydrogens is 370 g/mol. The van der Waals surface area contributed by atoms with Gasteiger partial charge in [-0.2, -0.15) is 0 Å². The fourth-order valence-corrected chi connectivity index (χ4v) is 3.80. The van der Waals surface area contributed by atoms with Crippen molar-refractivity contribution >= 4 is 16.9 Å². The molecule has 3 aromatic heterocycles. The summed E-state index contributed by atoms with van der Waals surface area (Å²) in [5.41, 5.74) is 5.05. The summed E-state index contributed by atoms with van der Waals surface area (Å²) in [6, 6.07) is 16.7. The van der Waals surface area contributed by atoms with Crippen molar-refractivity contribution in [1.82, 2.24) is 19.9 Å². The molecule has 0 fully saturated rings. The lowest BCUT2D eigenvalue weighted by molar-refractivity contribution is 0.672. The molecule has 5 heteroatoms. The van der Waals surface area contributed by atoms with Gasteiger partial charge in [-0.25, -0.2) is 15.0 Å². The molecule has 0 aliphatic carbocycles. The fourth-order valence-electron chi connectivity index (χ4n) is 3.80. The van der Waals surface area contributed by atoms with Crippen LogP contribution in [-0.4, -0.2) is 33.0 Å². The number of unbranched alkanes of at least 4 members (excludes halogenated alkanes) is 2. The Labute approximate surface area is 178 Å². The molecule has 0 aliphatic rings. The molecular formula is C25H29N5. The largest absolute Gasteiger partial charge is 0.357 e. The standard InChI is InChI=1S/C25H29N5/c1-3-5-16-30(17-6-4-2)22-13-12-20-23(21-14-15-26-18-27-21)24(29-25(20)28-22)19-10-8-7-9-11-19/h7-15,18H,3-6,16-17H2,1-2H3,(H,28,29). The predicted octanol–water partition coefficient (Wildman–Crippen LogP) is 6.09. The van der Waals surface area contributed by atoms with E-state index in [4.69, 9.17) is 4.98 Å². The average Bonchev–Trinajstić information content (AvgIpc) is 3.19. The number of hydrogen-bond acceptors (Lipinski definition) is 4. The lowest BCUT2D eigenvalue weighted by atomic mass is 10.0. The van der Waals surface area contributed by atoms with E-state index in [9.17, 15) is 0 Å². The van der Waals surface area contributed by atoms with Crippen LogP contribution in [0.4, 0.5) is 5.82 Å². The van der Waals surface area contributed by atoms with Crippen LogP contribution in [0.15, 0.2) is 61.1 Å². The molecule has 0 unspecified atom stereocenters. The van der Waals surface area contributed by atoms with E-state index in [0.717, 1.165) is 52.5 Å². The quantitative estimate of drug-likeness (QED) is 0.370. The van der Waals surface area contributed by atoms with Gasteiger partial charge in [0.1, 0.15) is 17.8 Å². The lowest BCUT2D eigenvalue weighted by Crippen LogP contribution is -2.26. The van der Waals surface area contributed by atoms with Crippen molar-refractivity contribution in [3.05, 3.63) is 61.1 Å². The van der Waals surface area contributed by atoms with Gasteiger partial charge in [-0.1, -0.05) is 57.0 Å². The third kappa shape index (κ3) is 4.20. The molecule has 0 radical (unpaired) electrons. The van der Waals surface area contributed by atoms with Gasteiger partial charge in [0.15, 0.2) is 0 Å². The molecule has 3 heterocycles. The summed E-state index contributed by atoms with van der Waals surface area (Å²) in [5.74, 6) is 1.04. The Kier molecular flexibility index (Phi) is 6.38. The SMILES string of the molecule is CCCCN(CCCC)c1ccc2c(-c3ccncn3)c(-c3ccccc3)[nH]c2n1. The first-order valence-corrected chi connectivity index (χ1v) is 10.9. The third-order valence-electron chi connectivity index (χ3n) is 5.43. The molecule has 1 aromatic carbocycles. The molecule has 0 saturated heterocycles. The summed E-state index contributed by atoms with van der Waals surface area (Å²) in [6.07, 6.45) is 8.11. The molecule has 154 valence electrons. The third-order valence-corrected chi connectivity index (χ3v) is 5.43. The van der Waals surface area contributed by atoms with Crippen molar-refractivity contribution in [3.63, 3.8) is 0 Å². The summed E-state index contributed by atoms with van der Waals surface area (Å²) in [7, 11) is 0. The van der Waals surface area contributed by atoms with Crippen molar-refractivity contribution < 1.29 is 0 Å². The van der Waals surface area contributed by atoms with Crippen LogP contribution in [-0.2, 0) is 0 Å². The van der Waals surface area contributed by atoms with Crippen molar-refractivity contribution in [2.75, 3.05) is 18.0 Å². The summed E-state index contributed by atoms with van der Waals surface area (Å²) in [4.78, 5) is 19.7. The van der Waals surface area contributed by atoms with E-state index in [1.54, 1.807) is 12.5 Å². The van der Waals surface area contributed by atoms with Crippen molar-refractivity contribution in [1.29, 1.82) is 0 Å². The Hall–Kier alpha value is -3.21. The summed E-state index contributed by atoms with van der Waals surface area (Å²) in [5, 5.41) is 1.09. The van der Waals surface area contributed by atoms with E-state index < -0.39 is 0 Å². The van der Waals surface area contributed by atoms with E-state index in [-0.39, 0.29) is 0 Å². The van der Waals surface area contributed by atoms with Gasteiger partial charge in [-0.05, 0) is 36.6 Å². The van der Waals surface area contributed by atoms with Gasteiger partial charge in [-0.3, -0.25) is 0 Å². The van der Waals surface area contributed by atoms with E-state index >= 15 is 0 Å². The average molecular weight is 400 g/mol. The minimum atomic E-state index is 0.901. The van der Waals surface area contributed by atoms with Crippen LogP contribution in [0.3, 0.4) is 0 Å². The molecule has 4 aromatic rings. The zero-order valence-corrected chi connectivity index (χ0v) is 17.8. The number of nitrogens with zero attached hydrogens (tertiary/aromatic N) is 4. The number of hydrogen-bond donors (Lipinski definition) is 1. The molecule has 0 spiro atoms. The van der Waals surface area contributed by atoms with Gasteiger partial charge in [-0.15, -0.1) is 0 Å². The molecule has 4 rings (SSSR count). The number of aromatic nitrogens is 4. The van der Waals surface area contributed by atoms with Crippen LogP contribution in [0.2, 0.25) is 0 Å². The minimum Gasteiger partial charge on any atom is -0.357 e. The van der Waals surface area contributed by atoms with Crippen molar-refractivity contribution in [2.45, 2.75) is 39.5 Å². The zero-order valence-electron chi connectivity index (χ0n) is 17.8. The molecule has 30 heavy (non-hydrogen) atoms. The second-order valence-corrected chi connectivity index (χ2v) is 7.60. The van der Waals surface area contributed by atoms with Crippen LogP contribution in [0, 0.1) is 0 Å². The number of pyridine rings is 1. The first kappa shape index (κ1) is 20.1. The number of aromatic amines is 1. The van der Waals surface area contributed by atoms with Crippen LogP contribution >= 0.6 is 0 Å². The Balaban J connectivity index is 1.83. The van der Waals surface area contributed by atoms with Crippen molar-refractivity contribution in [2.24, 2.45) is 0 Å². The molecule has 1 N–H and O–H groups in total. The van der Waals surface area contributed by atoms with Gasteiger partial charge in [0, 0.05) is 30.2 Å². The van der Waals surface area contributed by atoms with Crippen LogP contribution in [0.1, 0.15) is 39.5 Å². The summed E-state index contributed by atoms with van der Waals surface area (Å²) < 4.78 is 0. The first-order valence-electron chi connectivity index (χ1n) is 10.9. The molecule has 0 bridgehead atoms.